The van der Waals surface area contributed by atoms with E-state index in [9.17, 15) is 14.7 Å². The fourth-order valence-electron chi connectivity index (χ4n) is 3.47. The van der Waals surface area contributed by atoms with Crippen LogP contribution in [0.15, 0.2) is 60.7 Å². The van der Waals surface area contributed by atoms with E-state index < -0.39 is 11.9 Å². The maximum Gasteiger partial charge on any atom is 0.313 e. The first-order valence-electron chi connectivity index (χ1n) is 9.37. The van der Waals surface area contributed by atoms with Gasteiger partial charge in [-0.1, -0.05) is 60.7 Å². The lowest BCUT2D eigenvalue weighted by Gasteiger charge is -2.35. The van der Waals surface area contributed by atoms with E-state index >= 15 is 0 Å². The van der Waals surface area contributed by atoms with Crippen molar-refractivity contribution in [3.8, 4) is 0 Å². The number of rotatable bonds is 9. The molecule has 2 aromatic carbocycles. The molecule has 0 heterocycles. The Kier molecular flexibility index (Phi) is 7.31. The van der Waals surface area contributed by atoms with Crippen molar-refractivity contribution in [3.05, 3.63) is 71.8 Å². The van der Waals surface area contributed by atoms with E-state index in [4.69, 9.17) is 0 Å². The van der Waals surface area contributed by atoms with Gasteiger partial charge >= 0.3 is 5.97 Å². The quantitative estimate of drug-likeness (QED) is 0.513. The third-order valence-corrected chi connectivity index (χ3v) is 4.61. The molecule has 4 nitrogen and oxygen atoms in total. The predicted molar refractivity (Wildman–Crippen MR) is 108 cm³/mol. The van der Waals surface area contributed by atoms with Gasteiger partial charge in [0.15, 0.2) is 0 Å². The lowest BCUT2D eigenvalue weighted by atomic mass is 9.81. The summed E-state index contributed by atoms with van der Waals surface area (Å²) in [5, 5.41) is 12.9. The first-order valence-corrected chi connectivity index (χ1v) is 9.37. The lowest BCUT2D eigenvalue weighted by molar-refractivity contribution is -0.143. The topological polar surface area (TPSA) is 66.4 Å². The van der Waals surface area contributed by atoms with Crippen molar-refractivity contribution in [2.45, 2.75) is 51.1 Å². The van der Waals surface area contributed by atoms with E-state index in [1.54, 1.807) is 0 Å². The number of carbonyl (C=O) groups excluding carboxylic acids is 1. The molecule has 0 radical (unpaired) electrons. The summed E-state index contributed by atoms with van der Waals surface area (Å²) in [6.45, 7) is 6.30. The highest BCUT2D eigenvalue weighted by atomic mass is 16.4. The molecule has 0 aromatic heterocycles. The van der Waals surface area contributed by atoms with Crippen LogP contribution in [0.2, 0.25) is 0 Å². The number of aldehydes is 1. The zero-order valence-electron chi connectivity index (χ0n) is 16.3. The van der Waals surface area contributed by atoms with Crippen molar-refractivity contribution in [1.82, 2.24) is 5.32 Å². The molecule has 0 saturated carbocycles. The molecular formula is C23H29NO3. The van der Waals surface area contributed by atoms with E-state index in [-0.39, 0.29) is 17.5 Å². The van der Waals surface area contributed by atoms with Crippen LogP contribution in [0.25, 0.3) is 0 Å². The average Bonchev–Trinajstić information content (AvgIpc) is 2.62. The lowest BCUT2D eigenvalue weighted by Crippen LogP contribution is -2.47. The summed E-state index contributed by atoms with van der Waals surface area (Å²) in [6.07, 6.45) is 1.43. The molecule has 27 heavy (non-hydrogen) atoms. The van der Waals surface area contributed by atoms with Gasteiger partial charge in [-0.3, -0.25) is 4.79 Å². The second-order valence-corrected chi connectivity index (χ2v) is 7.96. The largest absolute Gasteiger partial charge is 0.481 e. The minimum absolute atomic E-state index is 0.00315. The van der Waals surface area contributed by atoms with Gasteiger partial charge in [0.1, 0.15) is 12.2 Å². The fourth-order valence-corrected chi connectivity index (χ4v) is 3.47. The van der Waals surface area contributed by atoms with E-state index in [0.717, 1.165) is 0 Å². The highest BCUT2D eigenvalue weighted by Gasteiger charge is 2.29. The van der Waals surface area contributed by atoms with Gasteiger partial charge in [-0.2, -0.15) is 0 Å². The highest BCUT2D eigenvalue weighted by Crippen LogP contribution is 2.32. The standard InChI is InChI=1S/C23H29NO3/c1-23(2,3)24-20(15-14-19(16-25)22(26)27)21(17-10-6-4-7-11-17)18-12-8-5-9-13-18/h4-13,16,19-21,24H,14-15H2,1-3H3,(H,26,27). The minimum atomic E-state index is -1.06. The number of nitrogens with one attached hydrogen (secondary N) is 1. The van der Waals surface area contributed by atoms with Crippen LogP contribution in [0.5, 0.6) is 0 Å². The molecule has 0 amide bonds. The molecule has 2 atom stereocenters. The monoisotopic (exact) mass is 367 g/mol. The molecule has 4 heteroatoms. The van der Waals surface area contributed by atoms with Gasteiger partial charge in [-0.05, 0) is 44.7 Å². The molecule has 144 valence electrons. The van der Waals surface area contributed by atoms with Gasteiger partial charge in [0.05, 0.1) is 0 Å². The average molecular weight is 367 g/mol. The maximum atomic E-state index is 11.3. The van der Waals surface area contributed by atoms with Crippen LogP contribution >= 0.6 is 0 Å². The molecule has 0 saturated heterocycles. The number of benzene rings is 2. The first kappa shape index (κ1) is 20.8. The van der Waals surface area contributed by atoms with Gasteiger partial charge < -0.3 is 15.2 Å². The molecule has 2 aromatic rings. The zero-order chi connectivity index (χ0) is 19.9. The van der Waals surface area contributed by atoms with Gasteiger partial charge in [0.2, 0.25) is 0 Å². The molecule has 0 fully saturated rings. The van der Waals surface area contributed by atoms with E-state index in [2.05, 4.69) is 50.4 Å². The summed E-state index contributed by atoms with van der Waals surface area (Å²) in [5.41, 5.74) is 2.19. The van der Waals surface area contributed by atoms with Crippen LogP contribution in [-0.4, -0.2) is 28.9 Å². The molecule has 2 N–H and O–H groups in total. The molecule has 0 aliphatic carbocycles. The normalized spacial score (nSPS) is 13.9. The Morgan fingerprint density at radius 3 is 1.81 bits per heavy atom. The predicted octanol–water partition coefficient (Wildman–Crippen LogP) is 4.26. The van der Waals surface area contributed by atoms with Crippen LogP contribution in [0.3, 0.4) is 0 Å². The van der Waals surface area contributed by atoms with Crippen LogP contribution < -0.4 is 5.32 Å². The Balaban J connectivity index is 2.40. The number of carboxylic acids is 1. The number of hydrogen-bond acceptors (Lipinski definition) is 3. The Morgan fingerprint density at radius 1 is 0.963 bits per heavy atom. The first-order chi connectivity index (χ1) is 12.8. The van der Waals surface area contributed by atoms with Gasteiger partial charge in [-0.15, -0.1) is 0 Å². The Labute approximate surface area is 161 Å². The second-order valence-electron chi connectivity index (χ2n) is 7.96. The number of carboxylic acid groups (broad SMARTS) is 1. The molecular weight excluding hydrogens is 338 g/mol. The summed E-state index contributed by atoms with van der Waals surface area (Å²) < 4.78 is 0. The van der Waals surface area contributed by atoms with Gasteiger partial charge in [0, 0.05) is 17.5 Å². The summed E-state index contributed by atoms with van der Waals surface area (Å²) >= 11 is 0. The van der Waals surface area contributed by atoms with Crippen molar-refractivity contribution < 1.29 is 14.7 Å². The minimum Gasteiger partial charge on any atom is -0.481 e. The maximum absolute atomic E-state index is 11.3. The van der Waals surface area contributed by atoms with E-state index in [1.165, 1.54) is 11.1 Å². The third-order valence-electron chi connectivity index (χ3n) is 4.61. The Hall–Kier alpha value is -2.46. The number of aliphatic carboxylic acids is 1. The summed E-state index contributed by atoms with van der Waals surface area (Å²) in [6, 6.07) is 20.5. The highest BCUT2D eigenvalue weighted by molar-refractivity contribution is 5.86. The Morgan fingerprint density at radius 2 is 1.44 bits per heavy atom. The van der Waals surface area contributed by atoms with Crippen molar-refractivity contribution in [1.29, 1.82) is 0 Å². The molecule has 0 aliphatic rings. The molecule has 0 spiro atoms. The third kappa shape index (κ3) is 6.33. The molecule has 2 unspecified atom stereocenters. The summed E-state index contributed by atoms with van der Waals surface area (Å²) in [4.78, 5) is 22.4. The fraction of sp³-hybridized carbons (Fsp3) is 0.391. The number of carbonyl (C=O) groups is 2. The van der Waals surface area contributed by atoms with E-state index in [1.807, 2.05) is 36.4 Å². The van der Waals surface area contributed by atoms with E-state index in [0.29, 0.717) is 19.1 Å². The van der Waals surface area contributed by atoms with Crippen LogP contribution in [0.4, 0.5) is 0 Å². The van der Waals surface area contributed by atoms with Crippen molar-refractivity contribution in [3.63, 3.8) is 0 Å². The zero-order valence-corrected chi connectivity index (χ0v) is 16.3. The van der Waals surface area contributed by atoms with Gasteiger partial charge in [-0.25, -0.2) is 0 Å². The van der Waals surface area contributed by atoms with Crippen molar-refractivity contribution >= 4 is 12.3 Å². The number of hydrogen-bond donors (Lipinski definition) is 2. The SMILES string of the molecule is CC(C)(C)NC(CCC(C=O)C(=O)O)C(c1ccccc1)c1ccccc1. The molecule has 2 rings (SSSR count). The van der Waals surface area contributed by atoms with Crippen molar-refractivity contribution in [2.75, 3.05) is 0 Å². The smallest absolute Gasteiger partial charge is 0.313 e. The van der Waals surface area contributed by atoms with Gasteiger partial charge in [0.25, 0.3) is 0 Å². The summed E-state index contributed by atoms with van der Waals surface area (Å²) in [5.74, 6) is -1.97. The Bertz CT molecular complexity index is 683. The van der Waals surface area contributed by atoms with Crippen LogP contribution in [-0.2, 0) is 9.59 Å². The molecule has 0 aliphatic heterocycles. The summed E-state index contributed by atoms with van der Waals surface area (Å²) in [7, 11) is 0. The van der Waals surface area contributed by atoms with Crippen LogP contribution in [0.1, 0.15) is 50.7 Å². The molecule has 0 bridgehead atoms. The second kappa shape index (κ2) is 9.47. The van der Waals surface area contributed by atoms with Crippen molar-refractivity contribution in [2.24, 2.45) is 5.92 Å². The van der Waals surface area contributed by atoms with Crippen LogP contribution in [0, 0.1) is 5.92 Å².